The zero-order valence-electron chi connectivity index (χ0n) is 12.0. The Morgan fingerprint density at radius 1 is 1.35 bits per heavy atom. The van der Waals surface area contributed by atoms with Crippen LogP contribution in [0.3, 0.4) is 0 Å². The molecule has 0 atom stereocenters. The predicted octanol–water partition coefficient (Wildman–Crippen LogP) is 2.16. The van der Waals surface area contributed by atoms with Gasteiger partial charge in [0, 0.05) is 37.0 Å². The summed E-state index contributed by atoms with van der Waals surface area (Å²) in [6.45, 7) is 1.75. The summed E-state index contributed by atoms with van der Waals surface area (Å²) < 4.78 is 31.7. The number of anilines is 1. The summed E-state index contributed by atoms with van der Waals surface area (Å²) >= 11 is 0. The highest BCUT2D eigenvalue weighted by molar-refractivity contribution is 5.73. The lowest BCUT2D eigenvalue weighted by atomic mass is 10.1. The fourth-order valence-electron chi connectivity index (χ4n) is 1.96. The zero-order valence-corrected chi connectivity index (χ0v) is 12.0. The SMILES string of the molecule is NC1CCN(c2cccc([N+](=O)[O-])c2)CC1.O=C(O)C(F)(F)F. The van der Waals surface area contributed by atoms with E-state index in [1.54, 1.807) is 12.1 Å². The van der Waals surface area contributed by atoms with Crippen molar-refractivity contribution in [2.75, 3.05) is 18.0 Å². The van der Waals surface area contributed by atoms with Crippen LogP contribution < -0.4 is 10.6 Å². The number of nitrogens with two attached hydrogens (primary N) is 1. The van der Waals surface area contributed by atoms with Crippen LogP contribution in [-0.4, -0.2) is 41.3 Å². The standard InChI is InChI=1S/C11H15N3O2.C2HF3O2/c12-9-4-6-13(7-5-9)10-2-1-3-11(8-10)14(15)16;3-2(4,5)1(6)7/h1-3,8-9H,4-7,12H2;(H,6,7). The first-order valence-electron chi connectivity index (χ1n) is 6.66. The second kappa shape index (κ2) is 7.77. The Balaban J connectivity index is 0.000000322. The van der Waals surface area contributed by atoms with Crippen LogP contribution in [-0.2, 0) is 4.79 Å². The summed E-state index contributed by atoms with van der Waals surface area (Å²) in [5, 5.41) is 17.8. The molecule has 1 aromatic rings. The number of benzene rings is 1. The maximum atomic E-state index is 10.7. The average Bonchev–Trinajstić information content (AvgIpc) is 2.47. The van der Waals surface area contributed by atoms with E-state index in [-0.39, 0.29) is 16.7 Å². The van der Waals surface area contributed by atoms with Gasteiger partial charge in [-0.2, -0.15) is 13.2 Å². The van der Waals surface area contributed by atoms with Crippen LogP contribution in [0.25, 0.3) is 0 Å². The molecule has 2 rings (SSSR count). The summed E-state index contributed by atoms with van der Waals surface area (Å²) in [7, 11) is 0. The Morgan fingerprint density at radius 3 is 2.30 bits per heavy atom. The smallest absolute Gasteiger partial charge is 0.475 e. The van der Waals surface area contributed by atoms with E-state index >= 15 is 0 Å². The van der Waals surface area contributed by atoms with Gasteiger partial charge >= 0.3 is 12.1 Å². The quantitative estimate of drug-likeness (QED) is 0.633. The number of rotatable bonds is 2. The molecule has 7 nitrogen and oxygen atoms in total. The third kappa shape index (κ3) is 6.10. The van der Waals surface area contributed by atoms with Crippen LogP contribution in [0.2, 0.25) is 0 Å². The van der Waals surface area contributed by atoms with Gasteiger partial charge in [0.25, 0.3) is 5.69 Å². The summed E-state index contributed by atoms with van der Waals surface area (Å²) in [6.07, 6.45) is -3.19. The highest BCUT2D eigenvalue weighted by atomic mass is 19.4. The topological polar surface area (TPSA) is 110 Å². The highest BCUT2D eigenvalue weighted by Gasteiger charge is 2.38. The maximum Gasteiger partial charge on any atom is 0.490 e. The number of carboxylic acid groups (broad SMARTS) is 1. The number of alkyl halides is 3. The molecule has 23 heavy (non-hydrogen) atoms. The zero-order chi connectivity index (χ0) is 17.6. The largest absolute Gasteiger partial charge is 0.490 e. The first kappa shape index (κ1) is 18.7. The lowest BCUT2D eigenvalue weighted by molar-refractivity contribution is -0.384. The molecule has 1 aromatic carbocycles. The van der Waals surface area contributed by atoms with E-state index in [1.807, 2.05) is 6.07 Å². The molecule has 0 amide bonds. The number of nitro groups is 1. The van der Waals surface area contributed by atoms with E-state index in [0.29, 0.717) is 0 Å². The number of aliphatic carboxylic acids is 1. The van der Waals surface area contributed by atoms with Crippen molar-refractivity contribution in [3.63, 3.8) is 0 Å². The average molecular weight is 335 g/mol. The molecule has 0 radical (unpaired) electrons. The van der Waals surface area contributed by atoms with E-state index in [1.165, 1.54) is 6.07 Å². The molecule has 1 fully saturated rings. The van der Waals surface area contributed by atoms with Gasteiger partial charge in [-0.15, -0.1) is 0 Å². The second-order valence-electron chi connectivity index (χ2n) is 4.90. The van der Waals surface area contributed by atoms with Crippen LogP contribution >= 0.6 is 0 Å². The molecule has 128 valence electrons. The molecule has 0 spiro atoms. The van der Waals surface area contributed by atoms with Gasteiger partial charge in [-0.3, -0.25) is 10.1 Å². The number of carbonyl (C=O) groups is 1. The third-order valence-electron chi connectivity index (χ3n) is 3.19. The number of nitro benzene ring substituents is 1. The van der Waals surface area contributed by atoms with Gasteiger partial charge in [0.1, 0.15) is 0 Å². The molecule has 0 saturated carbocycles. The summed E-state index contributed by atoms with van der Waals surface area (Å²) in [6, 6.07) is 7.04. The molecule has 0 aliphatic carbocycles. The first-order valence-corrected chi connectivity index (χ1v) is 6.66. The van der Waals surface area contributed by atoms with Gasteiger partial charge in [-0.1, -0.05) is 6.07 Å². The fourth-order valence-corrected chi connectivity index (χ4v) is 1.96. The Morgan fingerprint density at radius 2 is 1.87 bits per heavy atom. The van der Waals surface area contributed by atoms with Gasteiger partial charge in [-0.05, 0) is 18.9 Å². The predicted molar refractivity (Wildman–Crippen MR) is 76.2 cm³/mol. The van der Waals surface area contributed by atoms with Gasteiger partial charge in [0.2, 0.25) is 0 Å². The Kier molecular flexibility index (Phi) is 6.31. The normalized spacial score (nSPS) is 15.6. The highest BCUT2D eigenvalue weighted by Crippen LogP contribution is 2.23. The van der Waals surface area contributed by atoms with Crippen molar-refractivity contribution in [1.29, 1.82) is 0 Å². The number of halogens is 3. The number of hydrogen-bond donors (Lipinski definition) is 2. The van der Waals surface area contributed by atoms with Crippen LogP contribution in [0.1, 0.15) is 12.8 Å². The van der Waals surface area contributed by atoms with Crippen LogP contribution in [0, 0.1) is 10.1 Å². The van der Waals surface area contributed by atoms with Crippen LogP contribution in [0.5, 0.6) is 0 Å². The molecule has 10 heteroatoms. The minimum absolute atomic E-state index is 0.146. The number of carboxylic acids is 1. The maximum absolute atomic E-state index is 10.7. The lowest BCUT2D eigenvalue weighted by Gasteiger charge is -2.31. The van der Waals surface area contributed by atoms with Gasteiger partial charge in [0.15, 0.2) is 0 Å². The number of hydrogen-bond acceptors (Lipinski definition) is 5. The Hall–Kier alpha value is -2.36. The van der Waals surface area contributed by atoms with Gasteiger partial charge < -0.3 is 15.7 Å². The molecule has 0 unspecified atom stereocenters. The molecule has 1 aliphatic heterocycles. The number of non-ortho nitro benzene ring substituents is 1. The van der Waals surface area contributed by atoms with E-state index in [9.17, 15) is 23.3 Å². The van der Waals surface area contributed by atoms with Crippen LogP contribution in [0.4, 0.5) is 24.5 Å². The first-order chi connectivity index (χ1) is 10.6. The Labute approximate surface area is 129 Å². The number of nitrogens with zero attached hydrogens (tertiary/aromatic N) is 2. The molecular weight excluding hydrogens is 319 g/mol. The molecule has 1 heterocycles. The van der Waals surface area contributed by atoms with Crippen molar-refractivity contribution in [2.24, 2.45) is 5.73 Å². The van der Waals surface area contributed by atoms with E-state index in [4.69, 9.17) is 15.6 Å². The van der Waals surface area contributed by atoms with Crippen molar-refractivity contribution in [2.45, 2.75) is 25.1 Å². The third-order valence-corrected chi connectivity index (χ3v) is 3.19. The molecule has 0 bridgehead atoms. The molecule has 1 aliphatic rings. The lowest BCUT2D eigenvalue weighted by Crippen LogP contribution is -2.39. The molecule has 0 aromatic heterocycles. The minimum atomic E-state index is -5.08. The Bertz CT molecular complexity index is 558. The van der Waals surface area contributed by atoms with Crippen LogP contribution in [0.15, 0.2) is 24.3 Å². The summed E-state index contributed by atoms with van der Waals surface area (Å²) in [4.78, 5) is 21.3. The molecule has 1 saturated heterocycles. The van der Waals surface area contributed by atoms with Crippen molar-refractivity contribution in [3.8, 4) is 0 Å². The number of piperidine rings is 1. The minimum Gasteiger partial charge on any atom is -0.475 e. The molecular formula is C13H16F3N3O4. The monoisotopic (exact) mass is 335 g/mol. The molecule has 3 N–H and O–H groups in total. The van der Waals surface area contributed by atoms with Crippen molar-refractivity contribution < 1.29 is 28.0 Å². The van der Waals surface area contributed by atoms with Gasteiger partial charge in [-0.25, -0.2) is 4.79 Å². The fraction of sp³-hybridized carbons (Fsp3) is 0.462. The van der Waals surface area contributed by atoms with E-state index < -0.39 is 12.1 Å². The van der Waals surface area contributed by atoms with Crippen molar-refractivity contribution in [1.82, 2.24) is 0 Å². The summed E-state index contributed by atoms with van der Waals surface area (Å²) in [5.41, 5.74) is 6.88. The van der Waals surface area contributed by atoms with Gasteiger partial charge in [0.05, 0.1) is 4.92 Å². The van der Waals surface area contributed by atoms with Crippen molar-refractivity contribution in [3.05, 3.63) is 34.4 Å². The van der Waals surface area contributed by atoms with E-state index in [0.717, 1.165) is 31.6 Å². The van der Waals surface area contributed by atoms with Crippen molar-refractivity contribution >= 4 is 17.3 Å². The second-order valence-corrected chi connectivity index (χ2v) is 4.90. The summed E-state index contributed by atoms with van der Waals surface area (Å²) in [5.74, 6) is -2.76. The van der Waals surface area contributed by atoms with E-state index in [2.05, 4.69) is 4.90 Å².